The Kier molecular flexibility index (Phi) is 5.15. The largest absolute Gasteiger partial charge is 0.497 e. The summed E-state index contributed by atoms with van der Waals surface area (Å²) >= 11 is 0. The maximum absolute atomic E-state index is 5.48. The summed E-state index contributed by atoms with van der Waals surface area (Å²) in [6, 6.07) is 7.81. The number of benzene rings is 1. The van der Waals surface area contributed by atoms with Crippen molar-refractivity contribution in [2.45, 2.75) is 26.7 Å². The lowest BCUT2D eigenvalue weighted by atomic mass is 10.2. The summed E-state index contributed by atoms with van der Waals surface area (Å²) in [5.41, 5.74) is 1.11. The third-order valence-corrected chi connectivity index (χ3v) is 2.05. The first-order chi connectivity index (χ1) is 7.26. The fourth-order valence-electron chi connectivity index (χ4n) is 1.22. The molecule has 0 N–H and O–H groups in total. The standard InChI is InChI=1S/C12H18O3/c1-4-14-10(2)15-9-11-5-7-12(13-3)8-6-11/h5-8,10H,4,9H2,1-3H3. The lowest BCUT2D eigenvalue weighted by molar-refractivity contribution is -0.134. The fourth-order valence-corrected chi connectivity index (χ4v) is 1.22. The predicted octanol–water partition coefficient (Wildman–Crippen LogP) is 2.59. The molecule has 84 valence electrons. The van der Waals surface area contributed by atoms with Gasteiger partial charge in [-0.1, -0.05) is 12.1 Å². The van der Waals surface area contributed by atoms with E-state index in [4.69, 9.17) is 14.2 Å². The SMILES string of the molecule is CCOC(C)OCc1ccc(OC)cc1. The number of rotatable bonds is 6. The van der Waals surface area contributed by atoms with Crippen LogP contribution in [0, 0.1) is 0 Å². The first kappa shape index (κ1) is 12.0. The Labute approximate surface area is 91.0 Å². The molecule has 0 bridgehead atoms. The molecule has 0 amide bonds. The van der Waals surface area contributed by atoms with Crippen molar-refractivity contribution in [3.05, 3.63) is 29.8 Å². The van der Waals surface area contributed by atoms with E-state index in [9.17, 15) is 0 Å². The summed E-state index contributed by atoms with van der Waals surface area (Å²) in [4.78, 5) is 0. The van der Waals surface area contributed by atoms with Gasteiger partial charge in [-0.05, 0) is 31.5 Å². The van der Waals surface area contributed by atoms with E-state index in [1.807, 2.05) is 38.1 Å². The molecule has 3 nitrogen and oxygen atoms in total. The van der Waals surface area contributed by atoms with Crippen molar-refractivity contribution in [3.63, 3.8) is 0 Å². The summed E-state index contributed by atoms with van der Waals surface area (Å²) in [6.45, 7) is 5.08. The van der Waals surface area contributed by atoms with Crippen LogP contribution in [0.1, 0.15) is 19.4 Å². The minimum atomic E-state index is -0.155. The molecule has 1 rings (SSSR count). The van der Waals surface area contributed by atoms with Gasteiger partial charge in [-0.3, -0.25) is 0 Å². The van der Waals surface area contributed by atoms with Crippen LogP contribution in [-0.2, 0) is 16.1 Å². The average molecular weight is 210 g/mol. The third kappa shape index (κ3) is 4.32. The van der Waals surface area contributed by atoms with Gasteiger partial charge in [-0.15, -0.1) is 0 Å². The van der Waals surface area contributed by atoms with Gasteiger partial charge < -0.3 is 14.2 Å². The molecule has 0 saturated carbocycles. The van der Waals surface area contributed by atoms with Crippen LogP contribution in [0.5, 0.6) is 5.75 Å². The van der Waals surface area contributed by atoms with E-state index >= 15 is 0 Å². The maximum Gasteiger partial charge on any atom is 0.155 e. The summed E-state index contributed by atoms with van der Waals surface area (Å²) < 4.78 is 15.8. The molecule has 0 aromatic heterocycles. The molecule has 1 atom stereocenters. The zero-order chi connectivity index (χ0) is 11.1. The van der Waals surface area contributed by atoms with Crippen molar-refractivity contribution in [3.8, 4) is 5.75 Å². The van der Waals surface area contributed by atoms with Gasteiger partial charge in [0.2, 0.25) is 0 Å². The van der Waals surface area contributed by atoms with E-state index in [1.165, 1.54) is 0 Å². The van der Waals surface area contributed by atoms with Crippen molar-refractivity contribution in [1.82, 2.24) is 0 Å². The van der Waals surface area contributed by atoms with Crippen LogP contribution in [0.2, 0.25) is 0 Å². The molecule has 0 fully saturated rings. The van der Waals surface area contributed by atoms with Crippen LogP contribution < -0.4 is 4.74 Å². The summed E-state index contributed by atoms with van der Waals surface area (Å²) in [5, 5.41) is 0. The Balaban J connectivity index is 2.37. The Bertz CT molecular complexity index is 269. The smallest absolute Gasteiger partial charge is 0.155 e. The van der Waals surface area contributed by atoms with Gasteiger partial charge in [0, 0.05) is 6.61 Å². The van der Waals surface area contributed by atoms with Crippen molar-refractivity contribution in [1.29, 1.82) is 0 Å². The molecule has 0 saturated heterocycles. The van der Waals surface area contributed by atoms with E-state index in [1.54, 1.807) is 7.11 Å². The van der Waals surface area contributed by atoms with Gasteiger partial charge in [0.1, 0.15) is 5.75 Å². The second-order valence-corrected chi connectivity index (χ2v) is 3.18. The molecule has 0 radical (unpaired) electrons. The van der Waals surface area contributed by atoms with Crippen LogP contribution in [-0.4, -0.2) is 20.0 Å². The highest BCUT2D eigenvalue weighted by Crippen LogP contribution is 2.12. The highest BCUT2D eigenvalue weighted by Gasteiger charge is 2.01. The Morgan fingerprint density at radius 2 is 1.80 bits per heavy atom. The number of hydrogen-bond acceptors (Lipinski definition) is 3. The molecule has 1 unspecified atom stereocenters. The zero-order valence-electron chi connectivity index (χ0n) is 9.53. The van der Waals surface area contributed by atoms with E-state index in [0.29, 0.717) is 13.2 Å². The van der Waals surface area contributed by atoms with Gasteiger partial charge in [-0.25, -0.2) is 0 Å². The molecule has 1 aromatic rings. The quantitative estimate of drug-likeness (QED) is 0.675. The van der Waals surface area contributed by atoms with E-state index < -0.39 is 0 Å². The molecule has 15 heavy (non-hydrogen) atoms. The van der Waals surface area contributed by atoms with E-state index in [2.05, 4.69) is 0 Å². The number of methoxy groups -OCH3 is 1. The van der Waals surface area contributed by atoms with E-state index in [-0.39, 0.29) is 6.29 Å². The molecule has 3 heteroatoms. The van der Waals surface area contributed by atoms with Crippen molar-refractivity contribution < 1.29 is 14.2 Å². The lowest BCUT2D eigenvalue weighted by Gasteiger charge is -2.12. The monoisotopic (exact) mass is 210 g/mol. The highest BCUT2D eigenvalue weighted by molar-refractivity contribution is 5.26. The lowest BCUT2D eigenvalue weighted by Crippen LogP contribution is -2.12. The molecular weight excluding hydrogens is 192 g/mol. The normalized spacial score (nSPS) is 12.5. The first-order valence-corrected chi connectivity index (χ1v) is 5.12. The zero-order valence-corrected chi connectivity index (χ0v) is 9.53. The topological polar surface area (TPSA) is 27.7 Å². The minimum absolute atomic E-state index is 0.155. The minimum Gasteiger partial charge on any atom is -0.497 e. The number of hydrogen-bond donors (Lipinski definition) is 0. The van der Waals surface area contributed by atoms with Crippen molar-refractivity contribution in [2.75, 3.05) is 13.7 Å². The Morgan fingerprint density at radius 3 is 2.33 bits per heavy atom. The van der Waals surface area contributed by atoms with E-state index in [0.717, 1.165) is 11.3 Å². The van der Waals surface area contributed by atoms with Crippen molar-refractivity contribution >= 4 is 0 Å². The predicted molar refractivity (Wildman–Crippen MR) is 58.9 cm³/mol. The second kappa shape index (κ2) is 6.43. The molecule has 0 spiro atoms. The van der Waals surface area contributed by atoms with Gasteiger partial charge in [0.15, 0.2) is 6.29 Å². The maximum atomic E-state index is 5.48. The summed E-state index contributed by atoms with van der Waals surface area (Å²) in [6.07, 6.45) is -0.155. The molecular formula is C12H18O3. The molecule has 0 aliphatic carbocycles. The summed E-state index contributed by atoms with van der Waals surface area (Å²) in [7, 11) is 1.66. The number of ether oxygens (including phenoxy) is 3. The van der Waals surface area contributed by atoms with Crippen LogP contribution in [0.4, 0.5) is 0 Å². The molecule has 0 heterocycles. The highest BCUT2D eigenvalue weighted by atomic mass is 16.7. The average Bonchev–Trinajstić information content (AvgIpc) is 2.27. The van der Waals surface area contributed by atoms with Crippen LogP contribution in [0.3, 0.4) is 0 Å². The first-order valence-electron chi connectivity index (χ1n) is 5.12. The van der Waals surface area contributed by atoms with Crippen LogP contribution >= 0.6 is 0 Å². The van der Waals surface area contributed by atoms with Gasteiger partial charge in [-0.2, -0.15) is 0 Å². The summed E-state index contributed by atoms with van der Waals surface area (Å²) in [5.74, 6) is 0.858. The third-order valence-electron chi connectivity index (χ3n) is 2.05. The Hall–Kier alpha value is -1.06. The van der Waals surface area contributed by atoms with Gasteiger partial charge in [0.25, 0.3) is 0 Å². The van der Waals surface area contributed by atoms with Gasteiger partial charge >= 0.3 is 0 Å². The van der Waals surface area contributed by atoms with Crippen LogP contribution in [0.15, 0.2) is 24.3 Å². The molecule has 0 aliphatic heterocycles. The van der Waals surface area contributed by atoms with Crippen molar-refractivity contribution in [2.24, 2.45) is 0 Å². The van der Waals surface area contributed by atoms with Crippen LogP contribution in [0.25, 0.3) is 0 Å². The van der Waals surface area contributed by atoms with Gasteiger partial charge in [0.05, 0.1) is 13.7 Å². The Morgan fingerprint density at radius 1 is 1.13 bits per heavy atom. The second-order valence-electron chi connectivity index (χ2n) is 3.18. The molecule has 0 aliphatic rings. The fraction of sp³-hybridized carbons (Fsp3) is 0.500. The molecule has 1 aromatic carbocycles.